The van der Waals surface area contributed by atoms with Gasteiger partial charge >= 0.3 is 5.97 Å². The van der Waals surface area contributed by atoms with Crippen LogP contribution in [0.15, 0.2) is 41.6 Å². The fraction of sp³-hybridized carbons (Fsp3) is 0.375. The highest BCUT2D eigenvalue weighted by Gasteiger charge is 2.46. The van der Waals surface area contributed by atoms with E-state index in [4.69, 9.17) is 0 Å². The van der Waals surface area contributed by atoms with Gasteiger partial charge in [0, 0.05) is 37.1 Å². The molecule has 1 aliphatic rings. The molecule has 2 aromatic rings. The fourth-order valence-electron chi connectivity index (χ4n) is 2.66. The zero-order valence-electron chi connectivity index (χ0n) is 13.5. The monoisotopic (exact) mass is 349 g/mol. The van der Waals surface area contributed by atoms with Gasteiger partial charge in [0.1, 0.15) is 10.6 Å². The zero-order chi connectivity index (χ0) is 17.4. The van der Waals surface area contributed by atoms with Crippen molar-refractivity contribution >= 4 is 16.0 Å². The third kappa shape index (κ3) is 3.07. The van der Waals surface area contributed by atoms with Crippen molar-refractivity contribution in [2.75, 3.05) is 13.7 Å². The van der Waals surface area contributed by atoms with Crippen LogP contribution in [0.1, 0.15) is 29.0 Å². The highest BCUT2D eigenvalue weighted by molar-refractivity contribution is 7.89. The molecule has 0 spiro atoms. The zero-order valence-corrected chi connectivity index (χ0v) is 14.3. The SMILES string of the molecule is COC(=O)c1cc(S(=O)(=O)NCC2(c3ccccn3)CC2)cn1C. The lowest BCUT2D eigenvalue weighted by Gasteiger charge is -2.15. The number of sulfonamides is 1. The van der Waals surface area contributed by atoms with Crippen LogP contribution in [-0.4, -0.2) is 37.6 Å². The maximum atomic E-state index is 12.5. The first-order valence-electron chi connectivity index (χ1n) is 7.54. The molecule has 7 nitrogen and oxygen atoms in total. The topological polar surface area (TPSA) is 90.3 Å². The van der Waals surface area contributed by atoms with Gasteiger partial charge in [-0.2, -0.15) is 0 Å². The quantitative estimate of drug-likeness (QED) is 0.792. The number of carbonyl (C=O) groups is 1. The standard InChI is InChI=1S/C16H19N3O4S/c1-19-10-12(9-13(19)15(20)23-2)24(21,22)18-11-16(6-7-16)14-5-3-4-8-17-14/h3-5,8-10,18H,6-7,11H2,1-2H3. The number of hydrogen-bond acceptors (Lipinski definition) is 5. The van der Waals surface area contributed by atoms with Crippen LogP contribution in [0.5, 0.6) is 0 Å². The molecular formula is C16H19N3O4S. The van der Waals surface area contributed by atoms with Crippen LogP contribution in [0.3, 0.4) is 0 Å². The number of nitrogens with zero attached hydrogens (tertiary/aromatic N) is 2. The summed E-state index contributed by atoms with van der Waals surface area (Å²) in [7, 11) is -0.857. The van der Waals surface area contributed by atoms with E-state index < -0.39 is 16.0 Å². The third-order valence-electron chi connectivity index (χ3n) is 4.35. The molecule has 0 amide bonds. The highest BCUT2D eigenvalue weighted by Crippen LogP contribution is 2.46. The van der Waals surface area contributed by atoms with Crippen molar-refractivity contribution in [1.29, 1.82) is 0 Å². The van der Waals surface area contributed by atoms with Crippen LogP contribution >= 0.6 is 0 Å². The lowest BCUT2D eigenvalue weighted by molar-refractivity contribution is 0.0590. The number of methoxy groups -OCH3 is 1. The maximum Gasteiger partial charge on any atom is 0.354 e. The number of hydrogen-bond donors (Lipinski definition) is 1. The van der Waals surface area contributed by atoms with Crippen molar-refractivity contribution < 1.29 is 17.9 Å². The maximum absolute atomic E-state index is 12.5. The van der Waals surface area contributed by atoms with Crippen molar-refractivity contribution in [1.82, 2.24) is 14.3 Å². The first-order chi connectivity index (χ1) is 11.4. The Morgan fingerprint density at radius 3 is 2.75 bits per heavy atom. The van der Waals surface area contributed by atoms with Crippen LogP contribution in [-0.2, 0) is 27.2 Å². The number of aromatic nitrogens is 2. The summed E-state index contributed by atoms with van der Waals surface area (Å²) in [4.78, 5) is 16.0. The Balaban J connectivity index is 1.77. The molecule has 1 fully saturated rings. The Morgan fingerprint density at radius 1 is 1.42 bits per heavy atom. The van der Waals surface area contributed by atoms with E-state index in [2.05, 4.69) is 14.4 Å². The molecule has 3 rings (SSSR count). The fourth-order valence-corrected chi connectivity index (χ4v) is 3.85. The summed E-state index contributed by atoms with van der Waals surface area (Å²) < 4.78 is 33.8. The first-order valence-corrected chi connectivity index (χ1v) is 9.02. The van der Waals surface area contributed by atoms with Gasteiger partial charge in [0.15, 0.2) is 0 Å². The Bertz CT molecular complexity index is 855. The van der Waals surface area contributed by atoms with Crippen LogP contribution in [0.4, 0.5) is 0 Å². The number of aryl methyl sites for hydroxylation is 1. The third-order valence-corrected chi connectivity index (χ3v) is 5.72. The molecule has 8 heteroatoms. The van der Waals surface area contributed by atoms with Gasteiger partial charge in [-0.05, 0) is 31.0 Å². The predicted molar refractivity (Wildman–Crippen MR) is 87.1 cm³/mol. The van der Waals surface area contributed by atoms with Crippen molar-refractivity contribution in [2.24, 2.45) is 7.05 Å². The highest BCUT2D eigenvalue weighted by atomic mass is 32.2. The minimum absolute atomic E-state index is 0.0437. The number of nitrogens with one attached hydrogen (secondary N) is 1. The summed E-state index contributed by atoms with van der Waals surface area (Å²) in [5.41, 5.74) is 0.855. The number of esters is 1. The van der Waals surface area contributed by atoms with E-state index in [1.54, 1.807) is 13.2 Å². The van der Waals surface area contributed by atoms with E-state index >= 15 is 0 Å². The van der Waals surface area contributed by atoms with Gasteiger partial charge in [-0.1, -0.05) is 6.07 Å². The molecular weight excluding hydrogens is 330 g/mol. The van der Waals surface area contributed by atoms with E-state index in [1.807, 2.05) is 18.2 Å². The van der Waals surface area contributed by atoms with Gasteiger partial charge in [0.2, 0.25) is 10.0 Å². The van der Waals surface area contributed by atoms with E-state index in [9.17, 15) is 13.2 Å². The van der Waals surface area contributed by atoms with E-state index in [0.29, 0.717) is 0 Å². The van der Waals surface area contributed by atoms with Gasteiger partial charge in [-0.15, -0.1) is 0 Å². The average molecular weight is 349 g/mol. The molecule has 1 N–H and O–H groups in total. The Morgan fingerprint density at radius 2 is 2.17 bits per heavy atom. The molecule has 1 aliphatic carbocycles. The molecule has 0 unspecified atom stereocenters. The molecule has 0 aliphatic heterocycles. The number of ether oxygens (including phenoxy) is 1. The Kier molecular flexibility index (Phi) is 4.18. The summed E-state index contributed by atoms with van der Waals surface area (Å²) in [5.74, 6) is -0.578. The summed E-state index contributed by atoms with van der Waals surface area (Å²) >= 11 is 0. The van der Waals surface area contributed by atoms with Crippen LogP contribution < -0.4 is 4.72 Å². The van der Waals surface area contributed by atoms with Crippen LogP contribution in [0.2, 0.25) is 0 Å². The second-order valence-electron chi connectivity index (χ2n) is 5.98. The van der Waals surface area contributed by atoms with E-state index in [1.165, 1.54) is 23.9 Å². The second-order valence-corrected chi connectivity index (χ2v) is 7.75. The molecule has 0 bridgehead atoms. The summed E-state index contributed by atoms with van der Waals surface area (Å²) in [6.45, 7) is 0.287. The molecule has 128 valence electrons. The van der Waals surface area contributed by atoms with Crippen molar-refractivity contribution in [3.8, 4) is 0 Å². The van der Waals surface area contributed by atoms with Gasteiger partial charge in [-0.3, -0.25) is 4.98 Å². The molecule has 0 atom stereocenters. The number of carbonyl (C=O) groups excluding carboxylic acids is 1. The molecule has 0 aromatic carbocycles. The molecule has 0 saturated heterocycles. The second kappa shape index (κ2) is 6.03. The molecule has 0 radical (unpaired) electrons. The number of pyridine rings is 1. The van der Waals surface area contributed by atoms with Crippen molar-refractivity contribution in [3.63, 3.8) is 0 Å². The molecule has 24 heavy (non-hydrogen) atoms. The lowest BCUT2D eigenvalue weighted by Crippen LogP contribution is -2.32. The van der Waals surface area contributed by atoms with Gasteiger partial charge in [0.25, 0.3) is 0 Å². The Labute approximate surface area is 140 Å². The molecule has 2 aromatic heterocycles. The normalized spacial score (nSPS) is 15.9. The number of rotatable bonds is 6. The minimum atomic E-state index is -3.71. The van der Waals surface area contributed by atoms with Crippen molar-refractivity contribution in [3.05, 3.63) is 48.0 Å². The minimum Gasteiger partial charge on any atom is -0.464 e. The average Bonchev–Trinajstić information content (AvgIpc) is 3.28. The van der Waals surface area contributed by atoms with Gasteiger partial charge in [0.05, 0.1) is 7.11 Å². The largest absolute Gasteiger partial charge is 0.464 e. The van der Waals surface area contributed by atoms with Crippen molar-refractivity contribution in [2.45, 2.75) is 23.2 Å². The first kappa shape index (κ1) is 16.7. The molecule has 2 heterocycles. The van der Waals surface area contributed by atoms with Crippen LogP contribution in [0, 0.1) is 0 Å². The van der Waals surface area contributed by atoms with E-state index in [0.717, 1.165) is 18.5 Å². The molecule has 1 saturated carbocycles. The van der Waals surface area contributed by atoms with Crippen LogP contribution in [0.25, 0.3) is 0 Å². The predicted octanol–water partition coefficient (Wildman–Crippen LogP) is 1.22. The summed E-state index contributed by atoms with van der Waals surface area (Å²) in [6, 6.07) is 6.96. The smallest absolute Gasteiger partial charge is 0.354 e. The summed E-state index contributed by atoms with van der Waals surface area (Å²) in [6.07, 6.45) is 4.90. The van der Waals surface area contributed by atoms with Gasteiger partial charge in [-0.25, -0.2) is 17.9 Å². The Hall–Kier alpha value is -2.19. The van der Waals surface area contributed by atoms with E-state index in [-0.39, 0.29) is 22.5 Å². The lowest BCUT2D eigenvalue weighted by atomic mass is 10.0. The summed E-state index contributed by atoms with van der Waals surface area (Å²) in [5, 5.41) is 0. The van der Waals surface area contributed by atoms with Gasteiger partial charge < -0.3 is 9.30 Å².